The summed E-state index contributed by atoms with van der Waals surface area (Å²) >= 11 is 0.730. The summed E-state index contributed by atoms with van der Waals surface area (Å²) in [5.74, 6) is -1.22. The second-order valence-corrected chi connectivity index (χ2v) is 6.64. The maximum atomic E-state index is 12.6. The quantitative estimate of drug-likeness (QED) is 0.507. The monoisotopic (exact) mass is 408 g/mol. The predicted molar refractivity (Wildman–Crippen MR) is 102 cm³/mol. The third kappa shape index (κ3) is 4.83. The summed E-state index contributed by atoms with van der Waals surface area (Å²) in [7, 11) is 1.42. The van der Waals surface area contributed by atoms with E-state index >= 15 is 0 Å². The first kappa shape index (κ1) is 21.3. The fourth-order valence-corrected chi connectivity index (χ4v) is 3.28. The number of benzene rings is 1. The Kier molecular flexibility index (Phi) is 7.05. The smallest absolute Gasteiger partial charge is 0.329 e. The van der Waals surface area contributed by atoms with Crippen molar-refractivity contribution in [3.63, 3.8) is 0 Å². The van der Waals surface area contributed by atoms with Crippen LogP contribution < -0.4 is 15.2 Å². The molecule has 1 aliphatic heterocycles. The number of imide groups is 1. The maximum absolute atomic E-state index is 12.6. The zero-order valence-electron chi connectivity index (χ0n) is 15.6. The van der Waals surface area contributed by atoms with Crippen molar-refractivity contribution in [2.75, 3.05) is 20.3 Å². The summed E-state index contributed by atoms with van der Waals surface area (Å²) in [6, 6.07) is 3.75. The average Bonchev–Trinajstić information content (AvgIpc) is 2.93. The molecule has 10 heteroatoms. The van der Waals surface area contributed by atoms with Crippen molar-refractivity contribution in [3.8, 4) is 11.5 Å². The van der Waals surface area contributed by atoms with Crippen LogP contribution >= 0.6 is 11.8 Å². The van der Waals surface area contributed by atoms with Crippen LogP contribution in [0.15, 0.2) is 23.1 Å². The van der Waals surface area contributed by atoms with Crippen molar-refractivity contribution in [1.29, 1.82) is 0 Å². The van der Waals surface area contributed by atoms with Crippen LogP contribution in [0, 0.1) is 0 Å². The first-order valence-electron chi connectivity index (χ1n) is 8.31. The van der Waals surface area contributed by atoms with E-state index in [1.54, 1.807) is 25.1 Å². The summed E-state index contributed by atoms with van der Waals surface area (Å²) in [5, 5.41) is -0.551. The van der Waals surface area contributed by atoms with Crippen LogP contribution in [0.5, 0.6) is 11.5 Å². The lowest BCUT2D eigenvalue weighted by Crippen LogP contribution is -2.42. The van der Waals surface area contributed by atoms with Crippen LogP contribution in [0.2, 0.25) is 0 Å². The van der Waals surface area contributed by atoms with Gasteiger partial charge in [-0.05, 0) is 49.4 Å². The van der Waals surface area contributed by atoms with Gasteiger partial charge in [-0.3, -0.25) is 19.3 Å². The summed E-state index contributed by atoms with van der Waals surface area (Å²) in [6.07, 6.45) is 1.50. The highest BCUT2D eigenvalue weighted by Gasteiger charge is 2.41. The highest BCUT2D eigenvalue weighted by Crippen LogP contribution is 2.35. The number of nitrogens with zero attached hydrogens (tertiary/aromatic N) is 1. The normalized spacial score (nSPS) is 16.2. The van der Waals surface area contributed by atoms with Gasteiger partial charge < -0.3 is 19.9 Å². The van der Waals surface area contributed by atoms with E-state index in [4.69, 9.17) is 19.9 Å². The fourth-order valence-electron chi connectivity index (χ4n) is 2.38. The van der Waals surface area contributed by atoms with Gasteiger partial charge in [-0.1, -0.05) is 6.07 Å². The van der Waals surface area contributed by atoms with Gasteiger partial charge in [-0.25, -0.2) is 4.79 Å². The molecule has 1 aromatic rings. The lowest BCUT2D eigenvalue weighted by Gasteiger charge is -2.19. The molecule has 28 heavy (non-hydrogen) atoms. The Labute approximate surface area is 165 Å². The molecule has 150 valence electrons. The van der Waals surface area contributed by atoms with Gasteiger partial charge in [0.05, 0.1) is 18.6 Å². The molecule has 0 aliphatic carbocycles. The second-order valence-electron chi connectivity index (χ2n) is 5.65. The highest BCUT2D eigenvalue weighted by molar-refractivity contribution is 8.18. The number of nitrogens with two attached hydrogens (primary N) is 1. The van der Waals surface area contributed by atoms with Gasteiger partial charge in [-0.2, -0.15) is 0 Å². The lowest BCUT2D eigenvalue weighted by atomic mass is 10.1. The molecule has 0 unspecified atom stereocenters. The van der Waals surface area contributed by atoms with E-state index in [2.05, 4.69) is 0 Å². The molecule has 0 radical (unpaired) electrons. The number of primary amides is 1. The Balaban J connectivity index is 2.23. The minimum absolute atomic E-state index is 0.152. The molecule has 1 atom stereocenters. The summed E-state index contributed by atoms with van der Waals surface area (Å²) in [6.45, 7) is 2.92. The number of hydrogen-bond donors (Lipinski definition) is 1. The molecule has 1 heterocycles. The third-order valence-corrected chi connectivity index (χ3v) is 4.58. The van der Waals surface area contributed by atoms with Crippen LogP contribution in [0.1, 0.15) is 19.4 Å². The lowest BCUT2D eigenvalue weighted by molar-refractivity contribution is -0.150. The molecule has 3 amide bonds. The Hall–Kier alpha value is -3.01. The largest absolute Gasteiger partial charge is 0.493 e. The van der Waals surface area contributed by atoms with E-state index in [-0.39, 0.29) is 18.1 Å². The van der Waals surface area contributed by atoms with Crippen molar-refractivity contribution in [2.45, 2.75) is 19.9 Å². The number of carbonyl (C=O) groups excluding carboxylic acids is 4. The molecule has 0 aromatic heterocycles. The summed E-state index contributed by atoms with van der Waals surface area (Å²) in [4.78, 5) is 48.5. The Bertz CT molecular complexity index is 837. The van der Waals surface area contributed by atoms with E-state index in [0.29, 0.717) is 17.1 Å². The maximum Gasteiger partial charge on any atom is 0.329 e. The number of esters is 1. The van der Waals surface area contributed by atoms with Gasteiger partial charge in [0.1, 0.15) is 6.04 Å². The minimum Gasteiger partial charge on any atom is -0.493 e. The van der Waals surface area contributed by atoms with Crippen molar-refractivity contribution in [1.82, 2.24) is 4.90 Å². The SMILES string of the molecule is CCOC(=O)[C@H](C)N1C(=O)S/C(=C\c2ccc(OCC(N)=O)c(OC)c2)C1=O. The molecule has 1 aromatic carbocycles. The minimum atomic E-state index is -1.02. The van der Waals surface area contributed by atoms with E-state index < -0.39 is 29.1 Å². The number of carbonyl (C=O) groups is 4. The summed E-state index contributed by atoms with van der Waals surface area (Å²) < 4.78 is 15.3. The van der Waals surface area contributed by atoms with Crippen LogP contribution in [-0.2, 0) is 19.1 Å². The molecule has 0 saturated carbocycles. The van der Waals surface area contributed by atoms with Gasteiger partial charge >= 0.3 is 5.97 Å². The first-order chi connectivity index (χ1) is 13.3. The van der Waals surface area contributed by atoms with Crippen LogP contribution in [-0.4, -0.2) is 54.3 Å². The Morgan fingerprint density at radius 1 is 1.29 bits per heavy atom. The zero-order chi connectivity index (χ0) is 20.8. The Morgan fingerprint density at radius 2 is 2.00 bits per heavy atom. The van der Waals surface area contributed by atoms with Gasteiger partial charge in [0.25, 0.3) is 17.1 Å². The van der Waals surface area contributed by atoms with Crippen molar-refractivity contribution in [2.24, 2.45) is 5.73 Å². The number of methoxy groups -OCH3 is 1. The average molecular weight is 408 g/mol. The highest BCUT2D eigenvalue weighted by atomic mass is 32.2. The van der Waals surface area contributed by atoms with Gasteiger partial charge in [0.15, 0.2) is 18.1 Å². The van der Waals surface area contributed by atoms with Crippen LogP contribution in [0.25, 0.3) is 6.08 Å². The van der Waals surface area contributed by atoms with Gasteiger partial charge in [0, 0.05) is 0 Å². The first-order valence-corrected chi connectivity index (χ1v) is 9.13. The molecule has 1 saturated heterocycles. The fraction of sp³-hybridized carbons (Fsp3) is 0.333. The zero-order valence-corrected chi connectivity index (χ0v) is 16.4. The molecule has 0 bridgehead atoms. The van der Waals surface area contributed by atoms with Gasteiger partial charge in [-0.15, -0.1) is 0 Å². The number of amides is 3. The molecular weight excluding hydrogens is 388 g/mol. The molecular formula is C18H20N2O7S. The van der Waals surface area contributed by atoms with E-state index in [1.807, 2.05) is 0 Å². The Morgan fingerprint density at radius 3 is 2.61 bits per heavy atom. The van der Waals surface area contributed by atoms with E-state index in [9.17, 15) is 19.2 Å². The molecule has 9 nitrogen and oxygen atoms in total. The molecule has 1 aliphatic rings. The summed E-state index contributed by atoms with van der Waals surface area (Å²) in [5.41, 5.74) is 5.62. The molecule has 0 spiro atoms. The van der Waals surface area contributed by atoms with Gasteiger partial charge in [0.2, 0.25) is 0 Å². The third-order valence-electron chi connectivity index (χ3n) is 3.69. The van der Waals surface area contributed by atoms with E-state index in [1.165, 1.54) is 20.1 Å². The standard InChI is InChI=1S/C18H20N2O7S/c1-4-26-17(23)10(2)20-16(22)14(28-18(20)24)8-11-5-6-12(13(7-11)25-3)27-9-15(19)21/h5-8,10H,4,9H2,1-3H3,(H2,19,21)/b14-8-/t10-/m0/s1. The number of thioether (sulfide) groups is 1. The number of rotatable bonds is 8. The topological polar surface area (TPSA) is 125 Å². The molecule has 2 N–H and O–H groups in total. The number of ether oxygens (including phenoxy) is 3. The molecule has 2 rings (SSSR count). The molecule has 1 fully saturated rings. The van der Waals surface area contributed by atoms with Crippen molar-refractivity contribution in [3.05, 3.63) is 28.7 Å². The van der Waals surface area contributed by atoms with E-state index in [0.717, 1.165) is 16.7 Å². The second kappa shape index (κ2) is 9.27. The van der Waals surface area contributed by atoms with Crippen LogP contribution in [0.3, 0.4) is 0 Å². The predicted octanol–water partition coefficient (Wildman–Crippen LogP) is 1.55. The number of hydrogen-bond acceptors (Lipinski definition) is 8. The van der Waals surface area contributed by atoms with Crippen molar-refractivity contribution >= 4 is 40.9 Å². The van der Waals surface area contributed by atoms with Crippen LogP contribution in [0.4, 0.5) is 4.79 Å². The van der Waals surface area contributed by atoms with Crippen molar-refractivity contribution < 1.29 is 33.4 Å².